The summed E-state index contributed by atoms with van der Waals surface area (Å²) in [6, 6.07) is 8.54. The first-order valence-electron chi connectivity index (χ1n) is 7.75. The maximum absolute atomic E-state index is 10.2. The zero-order valence-corrected chi connectivity index (χ0v) is 12.6. The van der Waals surface area contributed by atoms with Crippen LogP contribution in [-0.4, -0.2) is 49.5 Å². The summed E-state index contributed by atoms with van der Waals surface area (Å²) >= 11 is 0. The molecule has 1 N–H and O–H groups in total. The van der Waals surface area contributed by atoms with Gasteiger partial charge in [0.05, 0.1) is 12.7 Å². The Morgan fingerprint density at radius 1 is 1.10 bits per heavy atom. The lowest BCUT2D eigenvalue weighted by atomic mass is 10.0. The molecule has 0 aromatic heterocycles. The molecule has 3 heteroatoms. The fourth-order valence-electron chi connectivity index (χ4n) is 2.84. The van der Waals surface area contributed by atoms with E-state index in [0.717, 1.165) is 39.1 Å². The SMILES string of the molecule is COCCc1ccc(CC(O)CN2CCCCC2)cc1. The van der Waals surface area contributed by atoms with E-state index in [1.165, 1.54) is 30.4 Å². The average Bonchev–Trinajstić information content (AvgIpc) is 2.47. The zero-order chi connectivity index (χ0) is 14.2. The molecule has 0 bridgehead atoms. The second-order valence-electron chi connectivity index (χ2n) is 5.78. The van der Waals surface area contributed by atoms with Crippen LogP contribution < -0.4 is 0 Å². The summed E-state index contributed by atoms with van der Waals surface area (Å²) in [6.07, 6.45) is 5.35. The molecular formula is C17H27NO2. The van der Waals surface area contributed by atoms with Crippen molar-refractivity contribution in [3.63, 3.8) is 0 Å². The van der Waals surface area contributed by atoms with Crippen LogP contribution >= 0.6 is 0 Å². The Balaban J connectivity index is 1.76. The molecule has 1 aromatic carbocycles. The minimum absolute atomic E-state index is 0.252. The number of benzene rings is 1. The van der Waals surface area contributed by atoms with Crippen LogP contribution in [-0.2, 0) is 17.6 Å². The van der Waals surface area contributed by atoms with Gasteiger partial charge < -0.3 is 14.7 Å². The number of hydrogen-bond donors (Lipinski definition) is 1. The quantitative estimate of drug-likeness (QED) is 0.830. The summed E-state index contributed by atoms with van der Waals surface area (Å²) < 4.78 is 5.08. The van der Waals surface area contributed by atoms with Crippen molar-refractivity contribution < 1.29 is 9.84 Å². The normalized spacial score (nSPS) is 18.1. The van der Waals surface area contributed by atoms with Gasteiger partial charge in [-0.3, -0.25) is 0 Å². The third-order valence-electron chi connectivity index (χ3n) is 4.01. The summed E-state index contributed by atoms with van der Waals surface area (Å²) in [5, 5.41) is 10.2. The summed E-state index contributed by atoms with van der Waals surface area (Å²) in [4.78, 5) is 2.39. The molecule has 1 atom stereocenters. The van der Waals surface area contributed by atoms with Crippen molar-refractivity contribution in [2.45, 2.75) is 38.2 Å². The summed E-state index contributed by atoms with van der Waals surface area (Å²) in [5.41, 5.74) is 2.51. The highest BCUT2D eigenvalue weighted by atomic mass is 16.5. The standard InChI is InChI=1S/C17H27NO2/c1-20-12-9-15-5-7-16(8-6-15)13-17(19)14-18-10-3-2-4-11-18/h5-8,17,19H,2-4,9-14H2,1H3. The van der Waals surface area contributed by atoms with Gasteiger partial charge in [-0.1, -0.05) is 30.7 Å². The molecular weight excluding hydrogens is 250 g/mol. The monoisotopic (exact) mass is 277 g/mol. The number of methoxy groups -OCH3 is 1. The van der Waals surface area contributed by atoms with Gasteiger partial charge in [0, 0.05) is 13.7 Å². The molecule has 1 aliphatic rings. The van der Waals surface area contributed by atoms with E-state index in [4.69, 9.17) is 4.74 Å². The average molecular weight is 277 g/mol. The van der Waals surface area contributed by atoms with Gasteiger partial charge in [-0.25, -0.2) is 0 Å². The highest BCUT2D eigenvalue weighted by Gasteiger charge is 2.14. The van der Waals surface area contributed by atoms with Crippen LogP contribution in [0.4, 0.5) is 0 Å². The maximum Gasteiger partial charge on any atom is 0.0707 e. The lowest BCUT2D eigenvalue weighted by Crippen LogP contribution is -2.37. The topological polar surface area (TPSA) is 32.7 Å². The van der Waals surface area contributed by atoms with Crippen LogP contribution in [0.1, 0.15) is 30.4 Å². The Bertz CT molecular complexity index is 371. The molecule has 112 valence electrons. The van der Waals surface area contributed by atoms with Gasteiger partial charge in [0.1, 0.15) is 0 Å². The fraction of sp³-hybridized carbons (Fsp3) is 0.647. The Hall–Kier alpha value is -0.900. The Morgan fingerprint density at radius 2 is 1.75 bits per heavy atom. The molecule has 0 aliphatic carbocycles. The third kappa shape index (κ3) is 5.23. The van der Waals surface area contributed by atoms with Gasteiger partial charge in [0.15, 0.2) is 0 Å². The van der Waals surface area contributed by atoms with Crippen molar-refractivity contribution in [1.82, 2.24) is 4.90 Å². The number of nitrogens with zero attached hydrogens (tertiary/aromatic N) is 1. The number of likely N-dealkylation sites (tertiary alicyclic amines) is 1. The van der Waals surface area contributed by atoms with Gasteiger partial charge in [0.25, 0.3) is 0 Å². The molecule has 1 aromatic rings. The summed E-state index contributed by atoms with van der Waals surface area (Å²) in [7, 11) is 1.73. The minimum Gasteiger partial charge on any atom is -0.391 e. The number of β-amino-alcohol motifs (C(OH)–C–C–N with tert-alkyl or cyclic N) is 1. The van der Waals surface area contributed by atoms with Crippen molar-refractivity contribution in [2.24, 2.45) is 0 Å². The van der Waals surface area contributed by atoms with E-state index < -0.39 is 0 Å². The van der Waals surface area contributed by atoms with Gasteiger partial charge in [0.2, 0.25) is 0 Å². The van der Waals surface area contributed by atoms with Gasteiger partial charge in [-0.2, -0.15) is 0 Å². The second kappa shape index (κ2) is 8.40. The molecule has 20 heavy (non-hydrogen) atoms. The van der Waals surface area contributed by atoms with Gasteiger partial charge in [-0.05, 0) is 49.9 Å². The van der Waals surface area contributed by atoms with Crippen LogP contribution in [0.2, 0.25) is 0 Å². The largest absolute Gasteiger partial charge is 0.391 e. The molecule has 0 radical (unpaired) electrons. The molecule has 3 nitrogen and oxygen atoms in total. The van der Waals surface area contributed by atoms with Crippen LogP contribution in [0.5, 0.6) is 0 Å². The zero-order valence-electron chi connectivity index (χ0n) is 12.6. The molecule has 0 saturated carbocycles. The number of aliphatic hydroxyl groups is 1. The first kappa shape index (κ1) is 15.5. The minimum atomic E-state index is -0.252. The fourth-order valence-corrected chi connectivity index (χ4v) is 2.84. The maximum atomic E-state index is 10.2. The molecule has 1 fully saturated rings. The van der Waals surface area contributed by atoms with E-state index in [-0.39, 0.29) is 6.10 Å². The first-order chi connectivity index (χ1) is 9.78. The van der Waals surface area contributed by atoms with E-state index in [0.29, 0.717) is 0 Å². The molecule has 1 aliphatic heterocycles. The highest BCUT2D eigenvalue weighted by molar-refractivity contribution is 5.23. The Kier molecular flexibility index (Phi) is 6.51. The van der Waals surface area contributed by atoms with E-state index in [1.807, 2.05) is 0 Å². The van der Waals surface area contributed by atoms with Crippen LogP contribution in [0.3, 0.4) is 0 Å². The van der Waals surface area contributed by atoms with Gasteiger partial charge >= 0.3 is 0 Å². The van der Waals surface area contributed by atoms with Crippen molar-refractivity contribution in [2.75, 3.05) is 33.4 Å². The van der Waals surface area contributed by atoms with E-state index >= 15 is 0 Å². The van der Waals surface area contributed by atoms with Crippen molar-refractivity contribution in [3.8, 4) is 0 Å². The lowest BCUT2D eigenvalue weighted by Gasteiger charge is -2.28. The van der Waals surface area contributed by atoms with Crippen LogP contribution in [0.25, 0.3) is 0 Å². The second-order valence-corrected chi connectivity index (χ2v) is 5.78. The van der Waals surface area contributed by atoms with E-state index in [1.54, 1.807) is 7.11 Å². The van der Waals surface area contributed by atoms with Gasteiger partial charge in [-0.15, -0.1) is 0 Å². The van der Waals surface area contributed by atoms with Crippen LogP contribution in [0.15, 0.2) is 24.3 Å². The van der Waals surface area contributed by atoms with E-state index in [9.17, 15) is 5.11 Å². The third-order valence-corrected chi connectivity index (χ3v) is 4.01. The summed E-state index contributed by atoms with van der Waals surface area (Å²) in [5.74, 6) is 0. The number of rotatable bonds is 7. The predicted molar refractivity (Wildman–Crippen MR) is 82.0 cm³/mol. The molecule has 1 heterocycles. The number of hydrogen-bond acceptors (Lipinski definition) is 3. The molecule has 2 rings (SSSR count). The van der Waals surface area contributed by atoms with Crippen molar-refractivity contribution in [3.05, 3.63) is 35.4 Å². The first-order valence-corrected chi connectivity index (χ1v) is 7.75. The van der Waals surface area contributed by atoms with Crippen LogP contribution in [0, 0.1) is 0 Å². The van der Waals surface area contributed by atoms with Crippen molar-refractivity contribution in [1.29, 1.82) is 0 Å². The number of aliphatic hydroxyl groups excluding tert-OH is 1. The number of ether oxygens (including phenoxy) is 1. The number of piperidine rings is 1. The smallest absolute Gasteiger partial charge is 0.0707 e. The molecule has 0 amide bonds. The lowest BCUT2D eigenvalue weighted by molar-refractivity contribution is 0.101. The molecule has 0 spiro atoms. The highest BCUT2D eigenvalue weighted by Crippen LogP contribution is 2.12. The predicted octanol–water partition coefficient (Wildman–Crippen LogP) is 2.26. The van der Waals surface area contributed by atoms with E-state index in [2.05, 4.69) is 29.2 Å². The molecule has 1 saturated heterocycles. The molecule has 1 unspecified atom stereocenters. The Labute approximate surface area is 122 Å². The Morgan fingerprint density at radius 3 is 2.40 bits per heavy atom. The summed E-state index contributed by atoms with van der Waals surface area (Å²) in [6.45, 7) is 3.86. The van der Waals surface area contributed by atoms with Crippen molar-refractivity contribution >= 4 is 0 Å².